The van der Waals surface area contributed by atoms with Crippen LogP contribution in [0.1, 0.15) is 28.7 Å². The second-order valence-corrected chi connectivity index (χ2v) is 14.4. The Morgan fingerprint density at radius 1 is 0.492 bits per heavy atom. The minimum absolute atomic E-state index is 0.0461. The van der Waals surface area contributed by atoms with Crippen molar-refractivity contribution < 1.29 is 39.5 Å². The molecule has 304 valence electrons. The van der Waals surface area contributed by atoms with E-state index < -0.39 is 35.2 Å². The third kappa shape index (κ3) is 7.63. The number of rotatable bonds is 4. The molecular weight excluding hydrogens is 804 g/mol. The smallest absolute Gasteiger partial charge is 0.324 e. The molecule has 0 bridgehead atoms. The highest BCUT2D eigenvalue weighted by Gasteiger charge is 2.37. The van der Waals surface area contributed by atoms with Crippen molar-refractivity contribution in [1.29, 1.82) is 0 Å². The molecule has 61 heavy (non-hydrogen) atoms. The molecule has 6 aromatic carbocycles. The highest BCUT2D eigenvalue weighted by molar-refractivity contribution is 6.16. The molecule has 2 heterocycles. The molecule has 0 unspecified atom stereocenters. The first-order valence-corrected chi connectivity index (χ1v) is 18.8. The minimum atomic E-state index is -5.04. The van der Waals surface area contributed by atoms with Gasteiger partial charge in [-0.05, 0) is 70.8 Å². The van der Waals surface area contributed by atoms with Crippen molar-refractivity contribution in [3.05, 3.63) is 196 Å². The normalized spacial score (nSPS) is 16.6. The Morgan fingerprint density at radius 3 is 1.77 bits per heavy atom. The number of allylic oxidation sites excluding steroid dienone is 4. The number of para-hydroxylation sites is 1. The van der Waals surface area contributed by atoms with Gasteiger partial charge in [-0.15, -0.1) is 0 Å². The summed E-state index contributed by atoms with van der Waals surface area (Å²) in [5.41, 5.74) is -0.106. The van der Waals surface area contributed by atoms with Gasteiger partial charge in [-0.2, -0.15) is 39.5 Å². The third-order valence-electron chi connectivity index (χ3n) is 10.5. The summed E-state index contributed by atoms with van der Waals surface area (Å²) < 4.78 is 127. The molecule has 13 heteroatoms. The highest BCUT2D eigenvalue weighted by atomic mass is 19.4. The van der Waals surface area contributed by atoms with E-state index in [1.165, 1.54) is 12.1 Å². The summed E-state index contributed by atoms with van der Waals surface area (Å²) >= 11 is 0. The Kier molecular flexibility index (Phi) is 9.57. The van der Waals surface area contributed by atoms with Crippen molar-refractivity contribution in [2.45, 2.75) is 24.9 Å². The zero-order valence-corrected chi connectivity index (χ0v) is 31.5. The van der Waals surface area contributed by atoms with Crippen LogP contribution in [-0.4, -0.2) is 22.4 Å². The first kappa shape index (κ1) is 39.3. The van der Waals surface area contributed by atoms with Crippen LogP contribution in [0.15, 0.2) is 173 Å². The number of benzene rings is 6. The summed E-state index contributed by atoms with van der Waals surface area (Å²) in [7, 11) is 0. The van der Waals surface area contributed by atoms with E-state index in [1.807, 2.05) is 89.5 Å². The van der Waals surface area contributed by atoms with E-state index in [1.54, 1.807) is 30.3 Å². The second-order valence-electron chi connectivity index (χ2n) is 14.4. The Balaban J connectivity index is 1.32. The van der Waals surface area contributed by atoms with E-state index in [0.29, 0.717) is 73.3 Å². The maximum absolute atomic E-state index is 13.9. The fourth-order valence-corrected chi connectivity index (χ4v) is 7.63. The van der Waals surface area contributed by atoms with Crippen LogP contribution in [0, 0.1) is 0 Å². The average molecular weight is 833 g/mol. The first-order valence-electron chi connectivity index (χ1n) is 18.8. The maximum Gasteiger partial charge on any atom is 0.416 e. The van der Waals surface area contributed by atoms with Gasteiger partial charge in [0.1, 0.15) is 11.7 Å². The van der Waals surface area contributed by atoms with E-state index in [2.05, 4.69) is 5.32 Å². The van der Waals surface area contributed by atoms with Crippen molar-refractivity contribution in [3.63, 3.8) is 0 Å². The zero-order valence-electron chi connectivity index (χ0n) is 31.5. The molecule has 0 saturated carbocycles. The number of nitrogens with one attached hydrogen (secondary N) is 1. The average Bonchev–Trinajstić information content (AvgIpc) is 3.59. The van der Waals surface area contributed by atoms with Crippen LogP contribution in [0.4, 0.5) is 39.5 Å². The predicted molar refractivity (Wildman–Crippen MR) is 219 cm³/mol. The molecule has 1 aliphatic carbocycles. The molecule has 0 amide bonds. The SMILES string of the molecule is FC(F)(F)C1=CCC(=c2ccc(-n3c4ccccc4c4ccc(-c5cc(C(F)(F)F)cc(C(F)(F)F)c5)cc43)cc2=C2N=C(c3ccccc3)N=C(c3ccccc3)N2)C=C1. The highest BCUT2D eigenvalue weighted by Crippen LogP contribution is 2.40. The van der Waals surface area contributed by atoms with Crippen molar-refractivity contribution in [2.24, 2.45) is 9.98 Å². The van der Waals surface area contributed by atoms with E-state index >= 15 is 0 Å². The van der Waals surface area contributed by atoms with Gasteiger partial charge in [-0.1, -0.05) is 115 Å². The van der Waals surface area contributed by atoms with Gasteiger partial charge in [0.15, 0.2) is 5.84 Å². The lowest BCUT2D eigenvalue weighted by Crippen LogP contribution is -2.38. The Hall–Kier alpha value is -7.15. The molecule has 4 nitrogen and oxygen atoms in total. The number of fused-ring (bicyclic) bond motifs is 3. The number of amidine groups is 2. The van der Waals surface area contributed by atoms with Gasteiger partial charge in [0.2, 0.25) is 0 Å². The fourth-order valence-electron chi connectivity index (χ4n) is 7.63. The molecule has 0 radical (unpaired) electrons. The minimum Gasteiger partial charge on any atom is -0.324 e. The van der Waals surface area contributed by atoms with E-state index in [0.717, 1.165) is 23.1 Å². The number of nitrogens with zero attached hydrogens (tertiary/aromatic N) is 3. The topological polar surface area (TPSA) is 41.7 Å². The summed E-state index contributed by atoms with van der Waals surface area (Å²) in [5.74, 6) is 1.17. The number of hydrogen-bond donors (Lipinski definition) is 1. The second kappa shape index (κ2) is 14.8. The standard InChI is InChI=1S/C48H29F9N4/c49-46(50,51)33-18-15-28(16-19-33)37-22-20-36(27-40(37)45-59-43(29-9-3-1-4-10-29)58-44(60-45)30-11-5-2-6-12-30)61-41-14-8-7-13-38(41)39-21-17-31(25-42(39)61)32-23-34(47(52,53)54)26-35(24-32)48(55,56)57/h1-15,17-27H,16H2,(H,58,59,60). The zero-order chi connectivity index (χ0) is 42.7. The summed E-state index contributed by atoms with van der Waals surface area (Å²) in [4.78, 5) is 9.82. The van der Waals surface area contributed by atoms with Gasteiger partial charge in [0.05, 0.1) is 27.7 Å². The van der Waals surface area contributed by atoms with Gasteiger partial charge in [-0.25, -0.2) is 9.98 Å². The fraction of sp³-hybridized carbons (Fsp3) is 0.0833. The number of hydrogen-bond acceptors (Lipinski definition) is 3. The molecule has 1 aromatic heterocycles. The van der Waals surface area contributed by atoms with Crippen LogP contribution < -0.4 is 15.8 Å². The van der Waals surface area contributed by atoms with Crippen LogP contribution in [0.2, 0.25) is 0 Å². The van der Waals surface area contributed by atoms with Crippen LogP contribution in [0.25, 0.3) is 50.0 Å². The number of aliphatic imine (C=N–C) groups is 2. The van der Waals surface area contributed by atoms with Gasteiger partial charge >= 0.3 is 18.5 Å². The van der Waals surface area contributed by atoms with E-state index in [4.69, 9.17) is 9.98 Å². The van der Waals surface area contributed by atoms with Crippen LogP contribution in [0.5, 0.6) is 0 Å². The summed E-state index contributed by atoms with van der Waals surface area (Å²) in [6.45, 7) is 0. The molecule has 9 rings (SSSR count). The van der Waals surface area contributed by atoms with Gasteiger partial charge in [0, 0.05) is 32.8 Å². The molecule has 0 spiro atoms. The number of halogens is 9. The Bertz CT molecular complexity index is 3100. The Morgan fingerprint density at radius 2 is 1.13 bits per heavy atom. The number of aromatic nitrogens is 1. The van der Waals surface area contributed by atoms with Crippen molar-refractivity contribution in [3.8, 4) is 16.8 Å². The number of alkyl halides is 9. The molecule has 1 N–H and O–H groups in total. The predicted octanol–water partition coefficient (Wildman–Crippen LogP) is 11.7. The quantitative estimate of drug-likeness (QED) is 0.176. The summed E-state index contributed by atoms with van der Waals surface area (Å²) in [6, 6.07) is 37.4. The maximum atomic E-state index is 13.9. The van der Waals surface area contributed by atoms with Crippen molar-refractivity contribution in [1.82, 2.24) is 9.88 Å². The molecule has 2 aliphatic rings. The Labute approximate surface area is 341 Å². The molecular formula is C48H29F9N4. The first-order chi connectivity index (χ1) is 29.1. The lowest BCUT2D eigenvalue weighted by atomic mass is 9.98. The van der Waals surface area contributed by atoms with Crippen LogP contribution in [0.3, 0.4) is 0 Å². The molecule has 0 atom stereocenters. The van der Waals surface area contributed by atoms with Crippen LogP contribution in [-0.2, 0) is 12.4 Å². The van der Waals surface area contributed by atoms with Crippen molar-refractivity contribution >= 4 is 44.9 Å². The van der Waals surface area contributed by atoms with Crippen molar-refractivity contribution in [2.75, 3.05) is 0 Å². The monoisotopic (exact) mass is 832 g/mol. The molecule has 0 saturated heterocycles. The van der Waals surface area contributed by atoms with Crippen LogP contribution >= 0.6 is 0 Å². The third-order valence-corrected chi connectivity index (χ3v) is 10.5. The lowest BCUT2D eigenvalue weighted by Gasteiger charge is -2.19. The van der Waals surface area contributed by atoms with Gasteiger partial charge in [-0.3, -0.25) is 0 Å². The van der Waals surface area contributed by atoms with E-state index in [-0.39, 0.29) is 23.6 Å². The van der Waals surface area contributed by atoms with E-state index in [9.17, 15) is 39.5 Å². The lowest BCUT2D eigenvalue weighted by molar-refractivity contribution is -0.143. The van der Waals surface area contributed by atoms with Gasteiger partial charge in [0.25, 0.3) is 0 Å². The molecule has 1 aliphatic heterocycles. The van der Waals surface area contributed by atoms with Gasteiger partial charge < -0.3 is 9.88 Å². The molecule has 7 aromatic rings. The summed E-state index contributed by atoms with van der Waals surface area (Å²) in [6.07, 6.45) is -11.1. The largest absolute Gasteiger partial charge is 0.416 e. The molecule has 0 fully saturated rings. The summed E-state index contributed by atoms with van der Waals surface area (Å²) in [5, 5.41) is 5.86.